The van der Waals surface area contributed by atoms with Gasteiger partial charge in [-0.05, 0) is 81.6 Å². The van der Waals surface area contributed by atoms with Gasteiger partial charge in [-0.2, -0.15) is 0 Å². The molecule has 1 heterocycles. The van der Waals surface area contributed by atoms with E-state index < -0.39 is 5.41 Å². The van der Waals surface area contributed by atoms with Gasteiger partial charge in [0.15, 0.2) is 0 Å². The number of carbonyl (C=O) groups is 2. The number of esters is 1. The average molecular weight is 431 g/mol. The summed E-state index contributed by atoms with van der Waals surface area (Å²) in [6, 6.07) is 16.4. The van der Waals surface area contributed by atoms with Gasteiger partial charge in [0.05, 0.1) is 12.0 Å². The van der Waals surface area contributed by atoms with E-state index in [1.165, 1.54) is 0 Å². The lowest BCUT2D eigenvalue weighted by atomic mass is 9.96. The normalized spacial score (nSPS) is 13.8. The first-order valence-corrected chi connectivity index (χ1v) is 10.7. The van der Waals surface area contributed by atoms with Gasteiger partial charge in [0.2, 0.25) is 5.95 Å². The number of ether oxygens (including phenoxy) is 1. The number of hydrogen-bond donors (Lipinski definition) is 2. The SMILES string of the molecule is CCOC(=O)C1(c2ccc(NC(=O)c3ccc(Nc4nc(C)cc(C)n4)cc3)cc2)CC1. The molecule has 1 saturated carbocycles. The molecule has 0 atom stereocenters. The molecular formula is C25H26N4O3. The summed E-state index contributed by atoms with van der Waals surface area (Å²) in [5.41, 5.74) is 4.19. The number of benzene rings is 2. The molecule has 7 heteroatoms. The number of nitrogens with zero attached hydrogens (tertiary/aromatic N) is 2. The van der Waals surface area contributed by atoms with E-state index in [1.807, 2.05) is 63.2 Å². The Balaban J connectivity index is 1.39. The van der Waals surface area contributed by atoms with Crippen LogP contribution in [0.5, 0.6) is 0 Å². The molecule has 2 aromatic carbocycles. The van der Waals surface area contributed by atoms with Crippen LogP contribution in [-0.4, -0.2) is 28.5 Å². The molecule has 0 bridgehead atoms. The first kappa shape index (κ1) is 21.5. The van der Waals surface area contributed by atoms with Crippen LogP contribution >= 0.6 is 0 Å². The van der Waals surface area contributed by atoms with Gasteiger partial charge < -0.3 is 15.4 Å². The Morgan fingerprint density at radius 3 is 2.09 bits per heavy atom. The van der Waals surface area contributed by atoms with Crippen LogP contribution in [-0.2, 0) is 14.9 Å². The minimum atomic E-state index is -0.513. The van der Waals surface area contributed by atoms with Crippen LogP contribution < -0.4 is 10.6 Å². The number of rotatable bonds is 7. The molecule has 1 fully saturated rings. The van der Waals surface area contributed by atoms with Gasteiger partial charge in [0, 0.05) is 28.3 Å². The van der Waals surface area contributed by atoms with Crippen molar-refractivity contribution in [1.82, 2.24) is 9.97 Å². The molecule has 164 valence electrons. The van der Waals surface area contributed by atoms with Gasteiger partial charge in [-0.25, -0.2) is 9.97 Å². The second kappa shape index (κ2) is 8.78. The number of aryl methyl sites for hydroxylation is 2. The number of aromatic nitrogens is 2. The van der Waals surface area contributed by atoms with Crippen LogP contribution in [0.25, 0.3) is 0 Å². The molecule has 1 amide bonds. The highest BCUT2D eigenvalue weighted by atomic mass is 16.5. The highest BCUT2D eigenvalue weighted by Gasteiger charge is 2.52. The average Bonchev–Trinajstić information content (AvgIpc) is 3.56. The van der Waals surface area contributed by atoms with Crippen molar-refractivity contribution in [2.24, 2.45) is 0 Å². The Morgan fingerprint density at radius 1 is 0.938 bits per heavy atom. The summed E-state index contributed by atoms with van der Waals surface area (Å²) in [7, 11) is 0. The fraction of sp³-hybridized carbons (Fsp3) is 0.280. The van der Waals surface area contributed by atoms with Crippen molar-refractivity contribution in [3.05, 3.63) is 77.1 Å². The van der Waals surface area contributed by atoms with Crippen molar-refractivity contribution < 1.29 is 14.3 Å². The van der Waals surface area contributed by atoms with E-state index in [9.17, 15) is 9.59 Å². The van der Waals surface area contributed by atoms with Crippen molar-refractivity contribution in [2.75, 3.05) is 17.2 Å². The first-order chi connectivity index (χ1) is 15.4. The molecular weight excluding hydrogens is 404 g/mol. The second-order valence-electron chi connectivity index (χ2n) is 8.01. The highest BCUT2D eigenvalue weighted by molar-refractivity contribution is 6.04. The minimum absolute atomic E-state index is 0.170. The third-order valence-electron chi connectivity index (χ3n) is 5.50. The quantitative estimate of drug-likeness (QED) is 0.529. The monoisotopic (exact) mass is 430 g/mol. The number of hydrogen-bond acceptors (Lipinski definition) is 6. The fourth-order valence-electron chi connectivity index (χ4n) is 3.70. The molecule has 4 rings (SSSR count). The van der Waals surface area contributed by atoms with Gasteiger partial charge in [-0.3, -0.25) is 9.59 Å². The Hall–Kier alpha value is -3.74. The molecule has 2 N–H and O–H groups in total. The standard InChI is InChI=1S/C25H26N4O3/c1-4-32-23(31)25(13-14-25)19-7-11-20(12-8-19)28-22(30)18-5-9-21(10-6-18)29-24-26-16(2)15-17(3)27-24/h5-12,15H,4,13-14H2,1-3H3,(H,28,30)(H,26,27,29). The summed E-state index contributed by atoms with van der Waals surface area (Å²) in [6.07, 6.45) is 1.59. The summed E-state index contributed by atoms with van der Waals surface area (Å²) < 4.78 is 5.21. The predicted molar refractivity (Wildman–Crippen MR) is 123 cm³/mol. The molecule has 3 aromatic rings. The van der Waals surface area contributed by atoms with E-state index in [0.717, 1.165) is 35.5 Å². The van der Waals surface area contributed by atoms with Crippen molar-refractivity contribution in [3.63, 3.8) is 0 Å². The van der Waals surface area contributed by atoms with E-state index in [4.69, 9.17) is 4.74 Å². The zero-order chi connectivity index (χ0) is 22.7. The molecule has 1 aliphatic carbocycles. The third-order valence-corrected chi connectivity index (χ3v) is 5.50. The third kappa shape index (κ3) is 4.61. The number of anilines is 3. The number of nitrogens with one attached hydrogen (secondary N) is 2. The zero-order valence-electron chi connectivity index (χ0n) is 18.4. The Labute approximate surface area is 187 Å². The second-order valence-corrected chi connectivity index (χ2v) is 8.01. The predicted octanol–water partition coefficient (Wildman–Crippen LogP) is 4.68. The van der Waals surface area contributed by atoms with Crippen LogP contribution in [0.15, 0.2) is 54.6 Å². The Bertz CT molecular complexity index is 1120. The molecule has 0 spiro atoms. The molecule has 1 aliphatic rings. The maximum Gasteiger partial charge on any atom is 0.316 e. The van der Waals surface area contributed by atoms with Gasteiger partial charge in [-0.1, -0.05) is 12.1 Å². The maximum atomic E-state index is 12.6. The van der Waals surface area contributed by atoms with Crippen molar-refractivity contribution >= 4 is 29.2 Å². The van der Waals surface area contributed by atoms with Gasteiger partial charge in [0.1, 0.15) is 0 Å². The van der Waals surface area contributed by atoms with Crippen LogP contribution in [0.1, 0.15) is 47.1 Å². The topological polar surface area (TPSA) is 93.2 Å². The summed E-state index contributed by atoms with van der Waals surface area (Å²) in [5, 5.41) is 6.05. The molecule has 0 radical (unpaired) electrons. The molecule has 0 saturated heterocycles. The summed E-state index contributed by atoms with van der Waals surface area (Å²) in [4.78, 5) is 33.6. The van der Waals surface area contributed by atoms with Crippen LogP contribution in [0, 0.1) is 13.8 Å². The molecule has 0 unspecified atom stereocenters. The van der Waals surface area contributed by atoms with Crippen molar-refractivity contribution in [1.29, 1.82) is 0 Å². The largest absolute Gasteiger partial charge is 0.465 e. The lowest BCUT2D eigenvalue weighted by molar-refractivity contribution is -0.146. The molecule has 0 aliphatic heterocycles. The summed E-state index contributed by atoms with van der Waals surface area (Å²) in [5.74, 6) is 0.145. The summed E-state index contributed by atoms with van der Waals surface area (Å²) in [6.45, 7) is 6.02. The Kier molecular flexibility index (Phi) is 5.90. The number of amides is 1. The van der Waals surface area contributed by atoms with Gasteiger partial charge in [-0.15, -0.1) is 0 Å². The first-order valence-electron chi connectivity index (χ1n) is 10.7. The van der Waals surface area contributed by atoms with Crippen LogP contribution in [0.2, 0.25) is 0 Å². The van der Waals surface area contributed by atoms with E-state index in [0.29, 0.717) is 23.8 Å². The van der Waals surface area contributed by atoms with Crippen LogP contribution in [0.4, 0.5) is 17.3 Å². The van der Waals surface area contributed by atoms with Gasteiger partial charge >= 0.3 is 5.97 Å². The maximum absolute atomic E-state index is 12.6. The van der Waals surface area contributed by atoms with E-state index in [-0.39, 0.29) is 11.9 Å². The minimum Gasteiger partial charge on any atom is -0.465 e. The Morgan fingerprint density at radius 2 is 1.53 bits per heavy atom. The van der Waals surface area contributed by atoms with Crippen LogP contribution in [0.3, 0.4) is 0 Å². The fourth-order valence-corrected chi connectivity index (χ4v) is 3.70. The summed E-state index contributed by atoms with van der Waals surface area (Å²) >= 11 is 0. The van der Waals surface area contributed by atoms with Crippen molar-refractivity contribution in [2.45, 2.75) is 39.0 Å². The lowest BCUT2D eigenvalue weighted by Gasteiger charge is -2.15. The van der Waals surface area contributed by atoms with E-state index in [1.54, 1.807) is 12.1 Å². The number of carbonyl (C=O) groups excluding carboxylic acids is 2. The van der Waals surface area contributed by atoms with E-state index >= 15 is 0 Å². The zero-order valence-corrected chi connectivity index (χ0v) is 18.4. The molecule has 32 heavy (non-hydrogen) atoms. The highest BCUT2D eigenvalue weighted by Crippen LogP contribution is 2.49. The van der Waals surface area contributed by atoms with Crippen molar-refractivity contribution in [3.8, 4) is 0 Å². The van der Waals surface area contributed by atoms with Gasteiger partial charge in [0.25, 0.3) is 5.91 Å². The lowest BCUT2D eigenvalue weighted by Crippen LogP contribution is -2.23. The molecule has 1 aromatic heterocycles. The smallest absolute Gasteiger partial charge is 0.316 e. The van der Waals surface area contributed by atoms with E-state index in [2.05, 4.69) is 20.6 Å². The molecule has 7 nitrogen and oxygen atoms in total.